The van der Waals surface area contributed by atoms with E-state index in [0.717, 1.165) is 13.1 Å². The van der Waals surface area contributed by atoms with Gasteiger partial charge < -0.3 is 10.2 Å². The van der Waals surface area contributed by atoms with Crippen molar-refractivity contribution in [3.63, 3.8) is 0 Å². The molecule has 0 saturated carbocycles. The predicted octanol–water partition coefficient (Wildman–Crippen LogP) is 3.74. The molecule has 4 nitrogen and oxygen atoms in total. The van der Waals surface area contributed by atoms with Crippen molar-refractivity contribution in [1.29, 1.82) is 0 Å². The highest BCUT2D eigenvalue weighted by molar-refractivity contribution is 5.89. The predicted molar refractivity (Wildman–Crippen MR) is 93.4 cm³/mol. The topological polar surface area (TPSA) is 35.6 Å². The molecule has 0 aliphatic carbocycles. The standard InChI is InChI=1S/C19H22FN3O/c1-15(16-5-3-2-4-6-16)22-11-13-23(14-12-22)19(24)21-18-9-7-17(20)8-10-18/h2-10,15H,11-14H2,1H3,(H,21,24). The largest absolute Gasteiger partial charge is 0.322 e. The molecule has 0 aromatic heterocycles. The van der Waals surface area contributed by atoms with E-state index in [9.17, 15) is 9.18 Å². The zero-order chi connectivity index (χ0) is 16.9. The van der Waals surface area contributed by atoms with Gasteiger partial charge in [0.2, 0.25) is 0 Å². The quantitative estimate of drug-likeness (QED) is 0.932. The summed E-state index contributed by atoms with van der Waals surface area (Å²) in [7, 11) is 0. The Kier molecular flexibility index (Phi) is 5.11. The molecule has 0 radical (unpaired) electrons. The van der Waals surface area contributed by atoms with E-state index in [4.69, 9.17) is 0 Å². The molecule has 1 fully saturated rings. The molecule has 24 heavy (non-hydrogen) atoms. The van der Waals surface area contributed by atoms with E-state index in [-0.39, 0.29) is 11.8 Å². The number of carbonyl (C=O) groups excluding carboxylic acids is 1. The molecule has 3 rings (SSSR count). The molecule has 1 unspecified atom stereocenters. The van der Waals surface area contributed by atoms with Crippen LogP contribution in [0, 0.1) is 5.82 Å². The Morgan fingerprint density at radius 1 is 1.00 bits per heavy atom. The van der Waals surface area contributed by atoms with Gasteiger partial charge in [0.15, 0.2) is 0 Å². The van der Waals surface area contributed by atoms with E-state index < -0.39 is 0 Å². The number of nitrogens with zero attached hydrogens (tertiary/aromatic N) is 2. The van der Waals surface area contributed by atoms with Crippen LogP contribution in [0.4, 0.5) is 14.9 Å². The summed E-state index contributed by atoms with van der Waals surface area (Å²) >= 11 is 0. The van der Waals surface area contributed by atoms with Gasteiger partial charge in [-0.1, -0.05) is 30.3 Å². The van der Waals surface area contributed by atoms with Gasteiger partial charge in [-0.2, -0.15) is 0 Å². The zero-order valence-electron chi connectivity index (χ0n) is 13.8. The third-order valence-electron chi connectivity index (χ3n) is 4.53. The summed E-state index contributed by atoms with van der Waals surface area (Å²) in [6.07, 6.45) is 0. The van der Waals surface area contributed by atoms with Crippen molar-refractivity contribution < 1.29 is 9.18 Å². The van der Waals surface area contributed by atoms with Crippen molar-refractivity contribution in [3.8, 4) is 0 Å². The molecule has 2 amide bonds. The zero-order valence-corrected chi connectivity index (χ0v) is 13.8. The lowest BCUT2D eigenvalue weighted by Gasteiger charge is -2.38. The van der Waals surface area contributed by atoms with E-state index in [1.54, 1.807) is 17.0 Å². The lowest BCUT2D eigenvalue weighted by atomic mass is 10.1. The van der Waals surface area contributed by atoms with Gasteiger partial charge in [-0.15, -0.1) is 0 Å². The minimum atomic E-state index is -0.309. The Balaban J connectivity index is 1.53. The second-order valence-corrected chi connectivity index (χ2v) is 6.05. The third-order valence-corrected chi connectivity index (χ3v) is 4.53. The van der Waals surface area contributed by atoms with E-state index in [1.165, 1.54) is 17.7 Å². The van der Waals surface area contributed by atoms with Gasteiger partial charge in [0, 0.05) is 37.9 Å². The number of urea groups is 1. The summed E-state index contributed by atoms with van der Waals surface area (Å²) in [6, 6.07) is 16.4. The molecule has 1 N–H and O–H groups in total. The fourth-order valence-corrected chi connectivity index (χ4v) is 2.99. The van der Waals surface area contributed by atoms with Crippen LogP contribution in [0.15, 0.2) is 54.6 Å². The molecule has 2 aromatic carbocycles. The van der Waals surface area contributed by atoms with Gasteiger partial charge in [0.1, 0.15) is 5.82 Å². The number of amides is 2. The lowest BCUT2D eigenvalue weighted by molar-refractivity contribution is 0.119. The van der Waals surface area contributed by atoms with Crippen LogP contribution in [0.25, 0.3) is 0 Å². The van der Waals surface area contributed by atoms with Crippen LogP contribution in [0.1, 0.15) is 18.5 Å². The van der Waals surface area contributed by atoms with Crippen molar-refractivity contribution in [3.05, 3.63) is 66.0 Å². The van der Waals surface area contributed by atoms with Crippen LogP contribution in [0.2, 0.25) is 0 Å². The van der Waals surface area contributed by atoms with Crippen molar-refractivity contribution >= 4 is 11.7 Å². The van der Waals surface area contributed by atoms with E-state index in [1.807, 2.05) is 6.07 Å². The Morgan fingerprint density at radius 2 is 1.62 bits per heavy atom. The summed E-state index contributed by atoms with van der Waals surface area (Å²) in [5.74, 6) is -0.309. The molecule has 126 valence electrons. The maximum Gasteiger partial charge on any atom is 0.321 e. The fourth-order valence-electron chi connectivity index (χ4n) is 2.99. The molecule has 1 aliphatic heterocycles. The molecule has 1 atom stereocenters. The summed E-state index contributed by atoms with van der Waals surface area (Å²) < 4.78 is 12.9. The van der Waals surface area contributed by atoms with Crippen molar-refractivity contribution in [2.75, 3.05) is 31.5 Å². The van der Waals surface area contributed by atoms with Crippen LogP contribution in [0.5, 0.6) is 0 Å². The summed E-state index contributed by atoms with van der Waals surface area (Å²) in [5.41, 5.74) is 1.91. The van der Waals surface area contributed by atoms with Gasteiger partial charge >= 0.3 is 6.03 Å². The molecular weight excluding hydrogens is 305 g/mol. The van der Waals surface area contributed by atoms with Crippen LogP contribution < -0.4 is 5.32 Å². The highest BCUT2D eigenvalue weighted by atomic mass is 19.1. The van der Waals surface area contributed by atoms with Gasteiger partial charge in [-0.05, 0) is 36.8 Å². The maximum absolute atomic E-state index is 12.9. The highest BCUT2D eigenvalue weighted by Gasteiger charge is 2.24. The normalized spacial score (nSPS) is 16.7. The molecule has 0 bridgehead atoms. The van der Waals surface area contributed by atoms with Crippen molar-refractivity contribution in [2.45, 2.75) is 13.0 Å². The summed E-state index contributed by atoms with van der Waals surface area (Å²) in [4.78, 5) is 16.5. The van der Waals surface area contributed by atoms with Crippen LogP contribution in [-0.4, -0.2) is 42.0 Å². The SMILES string of the molecule is CC(c1ccccc1)N1CCN(C(=O)Nc2ccc(F)cc2)CC1. The summed E-state index contributed by atoms with van der Waals surface area (Å²) in [6.45, 7) is 5.25. The Morgan fingerprint density at radius 3 is 2.25 bits per heavy atom. The van der Waals surface area contributed by atoms with Crippen molar-refractivity contribution in [2.24, 2.45) is 0 Å². The van der Waals surface area contributed by atoms with E-state index in [2.05, 4.69) is 41.4 Å². The second kappa shape index (κ2) is 7.45. The van der Waals surface area contributed by atoms with Gasteiger partial charge in [0.25, 0.3) is 0 Å². The van der Waals surface area contributed by atoms with Crippen molar-refractivity contribution in [1.82, 2.24) is 9.80 Å². The first-order valence-electron chi connectivity index (χ1n) is 8.24. The molecular formula is C19H22FN3O. The third kappa shape index (κ3) is 3.92. The first-order chi connectivity index (χ1) is 11.6. The van der Waals surface area contributed by atoms with E-state index in [0.29, 0.717) is 24.8 Å². The molecule has 2 aromatic rings. The number of hydrogen-bond acceptors (Lipinski definition) is 2. The van der Waals surface area contributed by atoms with Gasteiger partial charge in [-0.3, -0.25) is 4.90 Å². The van der Waals surface area contributed by atoms with Crippen LogP contribution in [-0.2, 0) is 0 Å². The molecule has 5 heteroatoms. The number of halogens is 1. The Labute approximate surface area is 141 Å². The molecule has 1 aliphatic rings. The van der Waals surface area contributed by atoms with E-state index >= 15 is 0 Å². The van der Waals surface area contributed by atoms with Gasteiger partial charge in [0.05, 0.1) is 0 Å². The maximum atomic E-state index is 12.9. The average Bonchev–Trinajstić information content (AvgIpc) is 2.64. The molecule has 1 saturated heterocycles. The number of anilines is 1. The Bertz CT molecular complexity index is 667. The first-order valence-corrected chi connectivity index (χ1v) is 8.24. The molecule has 0 spiro atoms. The first kappa shape index (κ1) is 16.5. The van der Waals surface area contributed by atoms with Crippen LogP contribution >= 0.6 is 0 Å². The smallest absolute Gasteiger partial charge is 0.321 e. The number of piperazine rings is 1. The highest BCUT2D eigenvalue weighted by Crippen LogP contribution is 2.21. The number of nitrogens with one attached hydrogen (secondary N) is 1. The lowest BCUT2D eigenvalue weighted by Crippen LogP contribution is -2.50. The van der Waals surface area contributed by atoms with Crippen LogP contribution in [0.3, 0.4) is 0 Å². The number of carbonyl (C=O) groups is 1. The number of rotatable bonds is 3. The minimum absolute atomic E-state index is 0.131. The average molecular weight is 327 g/mol. The summed E-state index contributed by atoms with van der Waals surface area (Å²) in [5, 5.41) is 2.82. The minimum Gasteiger partial charge on any atom is -0.322 e. The second-order valence-electron chi connectivity index (χ2n) is 6.05. The number of benzene rings is 2. The monoisotopic (exact) mass is 327 g/mol. The molecule has 1 heterocycles. The van der Waals surface area contributed by atoms with Gasteiger partial charge in [-0.25, -0.2) is 9.18 Å². The Hall–Kier alpha value is -2.40. The fraction of sp³-hybridized carbons (Fsp3) is 0.316. The number of hydrogen-bond donors (Lipinski definition) is 1.